The Morgan fingerprint density at radius 1 is 1.14 bits per heavy atom. The average molecular weight is 210 g/mol. The molecule has 1 aromatic rings. The van der Waals surface area contributed by atoms with Crippen LogP contribution in [0.25, 0.3) is 0 Å². The van der Waals surface area contributed by atoms with Gasteiger partial charge in [-0.2, -0.15) is 0 Å². The molecule has 1 atom stereocenters. The molecule has 0 spiro atoms. The fourth-order valence-electron chi connectivity index (χ4n) is 1.54. The zero-order valence-electron chi connectivity index (χ0n) is 8.02. The first kappa shape index (κ1) is 9.28. The molecule has 1 aliphatic heterocycles. The Bertz CT molecular complexity index is 419. The summed E-state index contributed by atoms with van der Waals surface area (Å²) < 4.78 is 14.7. The van der Waals surface area contributed by atoms with Gasteiger partial charge in [-0.15, -0.1) is 0 Å². The van der Waals surface area contributed by atoms with Crippen LogP contribution in [0.4, 0.5) is 5.69 Å². The van der Waals surface area contributed by atoms with Gasteiger partial charge in [-0.05, 0) is 12.1 Å². The van der Waals surface area contributed by atoms with Crippen LogP contribution in [0.3, 0.4) is 0 Å². The molecule has 4 nitrogen and oxygen atoms in total. The lowest BCUT2D eigenvalue weighted by Crippen LogP contribution is -2.31. The summed E-state index contributed by atoms with van der Waals surface area (Å²) in [5.41, 5.74) is 1.36. The van der Waals surface area contributed by atoms with Crippen molar-refractivity contribution in [1.29, 1.82) is 0 Å². The number of amides is 1. The van der Waals surface area contributed by atoms with Crippen LogP contribution in [0, 0.1) is 0 Å². The highest BCUT2D eigenvalue weighted by Gasteiger charge is 2.29. The lowest BCUT2D eigenvalue weighted by Gasteiger charge is -2.32. The van der Waals surface area contributed by atoms with Gasteiger partial charge in [0.1, 0.15) is 0 Å². The van der Waals surface area contributed by atoms with Crippen LogP contribution >= 0.6 is 8.10 Å². The third-order valence-electron chi connectivity index (χ3n) is 2.37. The summed E-state index contributed by atoms with van der Waals surface area (Å²) in [6, 6.07) is 7.20. The van der Waals surface area contributed by atoms with E-state index in [1.54, 1.807) is 30.9 Å². The lowest BCUT2D eigenvalue weighted by molar-refractivity contribution is 0.0881. The van der Waals surface area contributed by atoms with Gasteiger partial charge in [0.2, 0.25) is 0 Å². The van der Waals surface area contributed by atoms with Crippen LogP contribution in [0.15, 0.2) is 24.3 Å². The van der Waals surface area contributed by atoms with Crippen LogP contribution in [0.2, 0.25) is 0 Å². The van der Waals surface area contributed by atoms with Crippen LogP contribution in [0.1, 0.15) is 10.4 Å². The zero-order chi connectivity index (χ0) is 10.3. The van der Waals surface area contributed by atoms with Crippen molar-refractivity contribution in [2.75, 3.05) is 18.8 Å². The molecule has 1 heterocycles. The highest BCUT2D eigenvalue weighted by atomic mass is 31.1. The maximum Gasteiger partial charge on any atom is 0.262 e. The first-order chi connectivity index (χ1) is 6.63. The van der Waals surface area contributed by atoms with Crippen LogP contribution < -0.4 is 4.67 Å². The summed E-state index contributed by atoms with van der Waals surface area (Å²) in [4.78, 5) is 11.7. The molecule has 5 heteroatoms. The molecule has 0 fully saturated rings. The molecule has 1 unspecified atom stereocenters. The number of rotatable bonds is 0. The quantitative estimate of drug-likeness (QED) is 0.610. The topological polar surface area (TPSA) is 40.6 Å². The van der Waals surface area contributed by atoms with Gasteiger partial charge < -0.3 is 4.67 Å². The minimum atomic E-state index is -2.14. The Morgan fingerprint density at radius 3 is 2.50 bits per heavy atom. The number of carbonyl (C=O) groups excluding carboxylic acids is 1. The van der Waals surface area contributed by atoms with Crippen molar-refractivity contribution >= 4 is 19.7 Å². The van der Waals surface area contributed by atoms with E-state index < -0.39 is 8.10 Å². The van der Waals surface area contributed by atoms with E-state index in [2.05, 4.69) is 0 Å². The summed E-state index contributed by atoms with van der Waals surface area (Å²) in [5, 5.41) is 0. The maximum absolute atomic E-state index is 11.7. The van der Waals surface area contributed by atoms with E-state index in [1.165, 1.54) is 4.67 Å². The molecule has 0 aromatic heterocycles. The highest BCUT2D eigenvalue weighted by Crippen LogP contribution is 2.42. The lowest BCUT2D eigenvalue weighted by atomic mass is 10.1. The summed E-state index contributed by atoms with van der Waals surface area (Å²) >= 11 is 0. The van der Waals surface area contributed by atoms with Gasteiger partial charge >= 0.3 is 0 Å². The van der Waals surface area contributed by atoms with Gasteiger partial charge in [-0.1, -0.05) is 12.1 Å². The van der Waals surface area contributed by atoms with Crippen molar-refractivity contribution < 1.29 is 9.36 Å². The number of carbonyl (C=O) groups is 1. The molecule has 14 heavy (non-hydrogen) atoms. The second-order valence-electron chi connectivity index (χ2n) is 3.22. The van der Waals surface area contributed by atoms with Crippen molar-refractivity contribution in [3.8, 4) is 0 Å². The third kappa shape index (κ3) is 1.15. The van der Waals surface area contributed by atoms with E-state index in [-0.39, 0.29) is 5.91 Å². The first-order valence-electron chi connectivity index (χ1n) is 4.27. The molecule has 2 rings (SSSR count). The molecule has 1 aliphatic rings. The SMILES string of the molecule is CN1C(=O)c2ccccc2N(C)[PH]1=O. The summed E-state index contributed by atoms with van der Waals surface area (Å²) in [7, 11) is 1.16. The van der Waals surface area contributed by atoms with Gasteiger partial charge in [0.15, 0.2) is 0 Å². The molecule has 0 bridgehead atoms. The number of hydrogen-bond acceptors (Lipinski definition) is 2. The predicted molar refractivity (Wildman–Crippen MR) is 55.9 cm³/mol. The van der Waals surface area contributed by atoms with Crippen molar-refractivity contribution in [3.63, 3.8) is 0 Å². The van der Waals surface area contributed by atoms with E-state index in [4.69, 9.17) is 0 Å². The molecule has 0 aliphatic carbocycles. The summed E-state index contributed by atoms with van der Waals surface area (Å²) in [6.45, 7) is 0. The van der Waals surface area contributed by atoms with Gasteiger partial charge in [0.25, 0.3) is 14.0 Å². The molecule has 1 aromatic carbocycles. The fraction of sp³-hybridized carbons (Fsp3) is 0.222. The normalized spacial score (nSPS) is 21.0. The minimum Gasteiger partial charge on any atom is -0.311 e. The molecule has 0 N–H and O–H groups in total. The Labute approximate surface area is 83.0 Å². The first-order valence-corrected chi connectivity index (χ1v) is 5.58. The minimum absolute atomic E-state index is 0.164. The molecule has 1 amide bonds. The third-order valence-corrected chi connectivity index (χ3v) is 3.97. The Morgan fingerprint density at radius 2 is 1.79 bits per heavy atom. The molecular formula is C9H11N2O2P. The van der Waals surface area contributed by atoms with Crippen molar-refractivity contribution in [2.24, 2.45) is 0 Å². The number of anilines is 1. The standard InChI is InChI=1S/C9H11N2O2P/c1-10-8-6-4-3-5-7(8)9(12)11(2)14(10)13/h3-6,14H,1-2H3. The van der Waals surface area contributed by atoms with E-state index in [1.807, 2.05) is 12.1 Å². The highest BCUT2D eigenvalue weighted by molar-refractivity contribution is 7.45. The van der Waals surface area contributed by atoms with Crippen molar-refractivity contribution in [2.45, 2.75) is 0 Å². The van der Waals surface area contributed by atoms with Crippen molar-refractivity contribution in [3.05, 3.63) is 29.8 Å². The van der Waals surface area contributed by atoms with E-state index in [9.17, 15) is 9.36 Å². The second-order valence-corrected chi connectivity index (χ2v) is 5.13. The van der Waals surface area contributed by atoms with Gasteiger partial charge in [-0.3, -0.25) is 14.0 Å². The monoisotopic (exact) mass is 210 g/mol. The Balaban J connectivity index is 2.62. The number of nitrogens with zero attached hydrogens (tertiary/aromatic N) is 2. The molecule has 0 saturated heterocycles. The number of benzene rings is 1. The smallest absolute Gasteiger partial charge is 0.262 e. The molecule has 0 saturated carbocycles. The zero-order valence-corrected chi connectivity index (χ0v) is 9.02. The van der Waals surface area contributed by atoms with E-state index in [0.29, 0.717) is 5.56 Å². The largest absolute Gasteiger partial charge is 0.311 e. The Kier molecular flexibility index (Phi) is 2.08. The van der Waals surface area contributed by atoms with Crippen LogP contribution in [-0.2, 0) is 4.57 Å². The summed E-state index contributed by atoms with van der Waals surface area (Å²) in [5.74, 6) is -0.164. The summed E-state index contributed by atoms with van der Waals surface area (Å²) in [6.07, 6.45) is 0. The molecule has 74 valence electrons. The number of fused-ring (bicyclic) bond motifs is 1. The van der Waals surface area contributed by atoms with Crippen LogP contribution in [-0.4, -0.2) is 24.7 Å². The van der Waals surface area contributed by atoms with Gasteiger partial charge in [-0.25, -0.2) is 0 Å². The maximum atomic E-state index is 11.7. The Hall–Kier alpha value is -1.28. The van der Waals surface area contributed by atoms with Crippen LogP contribution in [0.5, 0.6) is 0 Å². The molecular weight excluding hydrogens is 199 g/mol. The van der Waals surface area contributed by atoms with E-state index >= 15 is 0 Å². The van der Waals surface area contributed by atoms with Gasteiger partial charge in [0.05, 0.1) is 11.3 Å². The number of hydrogen-bond donors (Lipinski definition) is 0. The van der Waals surface area contributed by atoms with Crippen molar-refractivity contribution in [1.82, 2.24) is 4.67 Å². The fourth-order valence-corrected chi connectivity index (χ4v) is 2.69. The average Bonchev–Trinajstić information content (AvgIpc) is 2.23. The number of para-hydroxylation sites is 1. The second kappa shape index (κ2) is 3.14. The van der Waals surface area contributed by atoms with Gasteiger partial charge in [0, 0.05) is 14.1 Å². The van der Waals surface area contributed by atoms with E-state index in [0.717, 1.165) is 5.69 Å². The molecule has 0 radical (unpaired) electrons. The predicted octanol–water partition coefficient (Wildman–Crippen LogP) is 1.60.